The lowest BCUT2D eigenvalue weighted by atomic mass is 10.1. The molecule has 82 valence electrons. The summed E-state index contributed by atoms with van der Waals surface area (Å²) in [6.07, 6.45) is 5.22. The van der Waals surface area contributed by atoms with Crippen molar-refractivity contribution in [1.82, 2.24) is 0 Å². The third-order valence-electron chi connectivity index (χ3n) is 1.37. The van der Waals surface area contributed by atoms with Crippen LogP contribution in [0.5, 0.6) is 0 Å². The maximum absolute atomic E-state index is 10.9. The molecule has 0 bridgehead atoms. The van der Waals surface area contributed by atoms with Gasteiger partial charge in [-0.05, 0) is 12.8 Å². The van der Waals surface area contributed by atoms with Crippen LogP contribution in [0.15, 0.2) is 23.4 Å². The van der Waals surface area contributed by atoms with E-state index in [-0.39, 0.29) is 5.12 Å². The van der Waals surface area contributed by atoms with Crippen molar-refractivity contribution in [2.75, 3.05) is 0 Å². The summed E-state index contributed by atoms with van der Waals surface area (Å²) in [6.45, 7) is 7.93. The van der Waals surface area contributed by atoms with Crippen LogP contribution >= 0.6 is 12.6 Å². The Morgan fingerprint density at radius 1 is 1.21 bits per heavy atom. The first-order valence-electron chi connectivity index (χ1n) is 5.02. The molecule has 0 rings (SSSR count). The lowest BCUT2D eigenvalue weighted by Crippen LogP contribution is -2.06. The van der Waals surface area contributed by atoms with E-state index in [0.29, 0.717) is 11.3 Å². The quantitative estimate of drug-likeness (QED) is 0.430. The molecule has 2 N–H and O–H groups in total. The molecule has 0 aliphatic carbocycles. The van der Waals surface area contributed by atoms with Crippen LogP contribution in [0.4, 0.5) is 0 Å². The van der Waals surface area contributed by atoms with Gasteiger partial charge in [0.1, 0.15) is 0 Å². The first kappa shape index (κ1) is 15.8. The van der Waals surface area contributed by atoms with Gasteiger partial charge in [0.25, 0.3) is 0 Å². The molecular formula is C11H21NOS. The zero-order valence-corrected chi connectivity index (χ0v) is 10.4. The Morgan fingerprint density at radius 3 is 1.93 bits per heavy atom. The molecule has 0 saturated heterocycles. The highest BCUT2D eigenvalue weighted by molar-refractivity contribution is 7.97. The van der Waals surface area contributed by atoms with E-state index in [0.717, 1.165) is 12.8 Å². The van der Waals surface area contributed by atoms with Gasteiger partial charge in [0.05, 0.1) is 0 Å². The maximum atomic E-state index is 10.9. The smallest absolute Gasteiger partial charge is 0.218 e. The summed E-state index contributed by atoms with van der Waals surface area (Å²) in [5, 5.41) is -0.265. The molecule has 0 aliphatic rings. The van der Waals surface area contributed by atoms with Crippen molar-refractivity contribution in [2.24, 2.45) is 5.73 Å². The van der Waals surface area contributed by atoms with E-state index < -0.39 is 0 Å². The molecule has 2 nitrogen and oxygen atoms in total. The molecule has 0 aliphatic heterocycles. The maximum Gasteiger partial charge on any atom is 0.218 e. The Bertz CT molecular complexity index is 219. The van der Waals surface area contributed by atoms with Gasteiger partial charge in [-0.15, -0.1) is 12.6 Å². The fraction of sp³-hybridized carbons (Fsp3) is 0.545. The van der Waals surface area contributed by atoms with Crippen LogP contribution < -0.4 is 5.73 Å². The normalized spacial score (nSPS) is 11.8. The van der Waals surface area contributed by atoms with Crippen LogP contribution in [0.3, 0.4) is 0 Å². The van der Waals surface area contributed by atoms with Gasteiger partial charge in [-0.1, -0.05) is 39.8 Å². The predicted molar refractivity (Wildman–Crippen MR) is 66.3 cm³/mol. The SMILES string of the molecule is CC.CC/C=C(N)\C(=C/CC)C(=O)S. The average molecular weight is 215 g/mol. The summed E-state index contributed by atoms with van der Waals surface area (Å²) in [6, 6.07) is 0. The number of rotatable bonds is 4. The molecule has 0 radical (unpaired) electrons. The first-order valence-corrected chi connectivity index (χ1v) is 5.47. The topological polar surface area (TPSA) is 43.1 Å². The summed E-state index contributed by atoms with van der Waals surface area (Å²) < 4.78 is 0. The summed E-state index contributed by atoms with van der Waals surface area (Å²) in [7, 11) is 0. The Morgan fingerprint density at radius 2 is 1.64 bits per heavy atom. The third kappa shape index (κ3) is 6.78. The summed E-state index contributed by atoms with van der Waals surface area (Å²) >= 11 is 3.73. The van der Waals surface area contributed by atoms with Crippen molar-refractivity contribution in [3.8, 4) is 0 Å². The van der Waals surface area contributed by atoms with Crippen molar-refractivity contribution in [3.05, 3.63) is 23.4 Å². The molecule has 0 aromatic rings. The number of allylic oxidation sites excluding steroid dienone is 3. The monoisotopic (exact) mass is 215 g/mol. The minimum Gasteiger partial charge on any atom is -0.398 e. The van der Waals surface area contributed by atoms with Crippen LogP contribution in [0.1, 0.15) is 40.5 Å². The van der Waals surface area contributed by atoms with E-state index in [1.54, 1.807) is 6.08 Å². The number of thiol groups is 1. The van der Waals surface area contributed by atoms with Gasteiger partial charge in [0.2, 0.25) is 5.12 Å². The molecule has 0 aromatic heterocycles. The van der Waals surface area contributed by atoms with E-state index in [1.165, 1.54) is 0 Å². The zero-order valence-electron chi connectivity index (χ0n) is 9.50. The first-order chi connectivity index (χ1) is 6.63. The van der Waals surface area contributed by atoms with Gasteiger partial charge in [-0.3, -0.25) is 4.79 Å². The van der Waals surface area contributed by atoms with E-state index >= 15 is 0 Å². The number of carbonyl (C=O) groups is 1. The standard InChI is InChI=1S/C9H15NOS.C2H6/c1-3-5-7(9(11)12)8(10)6-4-2;1-2/h5-6H,3-4,10H2,1-2H3,(H,11,12);1-2H3/b7-5+,8-6+;. The van der Waals surface area contributed by atoms with Gasteiger partial charge < -0.3 is 5.73 Å². The van der Waals surface area contributed by atoms with E-state index in [1.807, 2.05) is 33.8 Å². The van der Waals surface area contributed by atoms with Crippen LogP contribution in [0.25, 0.3) is 0 Å². The molecule has 0 atom stereocenters. The number of hydrogen-bond donors (Lipinski definition) is 2. The van der Waals surface area contributed by atoms with E-state index in [4.69, 9.17) is 5.73 Å². The van der Waals surface area contributed by atoms with Crippen molar-refractivity contribution < 1.29 is 4.79 Å². The Kier molecular flexibility index (Phi) is 11.7. The predicted octanol–water partition coefficient (Wildman–Crippen LogP) is 3.06. The lowest BCUT2D eigenvalue weighted by molar-refractivity contribution is -0.107. The van der Waals surface area contributed by atoms with Crippen molar-refractivity contribution in [1.29, 1.82) is 0 Å². The van der Waals surface area contributed by atoms with E-state index in [2.05, 4.69) is 12.6 Å². The Labute approximate surface area is 92.7 Å². The summed E-state index contributed by atoms with van der Waals surface area (Å²) in [5.74, 6) is 0. The fourth-order valence-electron chi connectivity index (χ4n) is 0.863. The molecular weight excluding hydrogens is 194 g/mol. The molecule has 0 heterocycles. The molecule has 0 unspecified atom stereocenters. The highest BCUT2D eigenvalue weighted by Gasteiger charge is 2.05. The molecule has 0 amide bonds. The van der Waals surface area contributed by atoms with Crippen molar-refractivity contribution >= 4 is 17.7 Å². The number of nitrogens with two attached hydrogens (primary N) is 1. The molecule has 14 heavy (non-hydrogen) atoms. The average Bonchev–Trinajstić information content (AvgIpc) is 2.17. The minimum atomic E-state index is -0.265. The van der Waals surface area contributed by atoms with Crippen LogP contribution in [-0.4, -0.2) is 5.12 Å². The summed E-state index contributed by atoms with van der Waals surface area (Å²) in [4.78, 5) is 10.9. The molecule has 0 fully saturated rings. The molecule has 0 spiro atoms. The lowest BCUT2D eigenvalue weighted by Gasteiger charge is -2.01. The number of hydrogen-bond acceptors (Lipinski definition) is 2. The number of carbonyl (C=O) groups excluding carboxylic acids is 1. The molecule has 3 heteroatoms. The highest BCUT2D eigenvalue weighted by atomic mass is 32.1. The van der Waals surface area contributed by atoms with Gasteiger partial charge in [0.15, 0.2) is 0 Å². The third-order valence-corrected chi connectivity index (χ3v) is 1.61. The van der Waals surface area contributed by atoms with Crippen LogP contribution in [0, 0.1) is 0 Å². The van der Waals surface area contributed by atoms with Crippen LogP contribution in [0.2, 0.25) is 0 Å². The van der Waals surface area contributed by atoms with Crippen molar-refractivity contribution in [3.63, 3.8) is 0 Å². The van der Waals surface area contributed by atoms with Gasteiger partial charge in [-0.25, -0.2) is 0 Å². The Hall–Kier alpha value is -0.700. The second-order valence-corrected chi connectivity index (χ2v) is 2.81. The second-order valence-electron chi connectivity index (χ2n) is 2.40. The molecule has 0 aromatic carbocycles. The largest absolute Gasteiger partial charge is 0.398 e. The Balaban J connectivity index is 0. The van der Waals surface area contributed by atoms with Gasteiger partial charge in [0, 0.05) is 11.3 Å². The van der Waals surface area contributed by atoms with Crippen molar-refractivity contribution in [2.45, 2.75) is 40.5 Å². The van der Waals surface area contributed by atoms with Crippen LogP contribution in [-0.2, 0) is 4.79 Å². The van der Waals surface area contributed by atoms with Gasteiger partial charge in [-0.2, -0.15) is 0 Å². The summed E-state index contributed by atoms with van der Waals surface area (Å²) in [5.41, 5.74) is 6.68. The zero-order chi connectivity index (χ0) is 11.6. The van der Waals surface area contributed by atoms with Gasteiger partial charge >= 0.3 is 0 Å². The minimum absolute atomic E-state index is 0.265. The fourth-order valence-corrected chi connectivity index (χ4v) is 1.08. The highest BCUT2D eigenvalue weighted by Crippen LogP contribution is 2.09. The molecule has 0 saturated carbocycles. The van der Waals surface area contributed by atoms with E-state index in [9.17, 15) is 4.79 Å². The second kappa shape index (κ2) is 10.4.